The van der Waals surface area contributed by atoms with E-state index in [0.29, 0.717) is 5.92 Å². The van der Waals surface area contributed by atoms with Crippen LogP contribution in [0.4, 0.5) is 0 Å². The molecule has 2 aliphatic rings. The van der Waals surface area contributed by atoms with Crippen LogP contribution in [0.25, 0.3) is 0 Å². The molecule has 2 bridgehead atoms. The summed E-state index contributed by atoms with van der Waals surface area (Å²) in [5.41, 5.74) is 6.64. The van der Waals surface area contributed by atoms with Crippen LogP contribution in [0.3, 0.4) is 0 Å². The molecule has 114 valence electrons. The Balaban J connectivity index is 1.78. The van der Waals surface area contributed by atoms with Gasteiger partial charge in [-0.25, -0.2) is 0 Å². The van der Waals surface area contributed by atoms with Crippen LogP contribution in [-0.4, -0.2) is 24.5 Å². The summed E-state index contributed by atoms with van der Waals surface area (Å²) in [7, 11) is 0. The maximum atomic E-state index is 2.56. The molecule has 1 heteroatoms. The summed E-state index contributed by atoms with van der Waals surface area (Å²) in [6.07, 6.45) is 2.53. The van der Waals surface area contributed by atoms with Crippen molar-refractivity contribution in [2.75, 3.05) is 19.6 Å². The summed E-state index contributed by atoms with van der Waals surface area (Å²) in [5, 5.41) is 0. The van der Waals surface area contributed by atoms with Gasteiger partial charge in [0.05, 0.1) is 0 Å². The molecule has 2 aromatic carbocycles. The Bertz CT molecular complexity index is 636. The summed E-state index contributed by atoms with van der Waals surface area (Å²) in [5.74, 6) is 0.629. The predicted octanol–water partition coefficient (Wildman–Crippen LogP) is 4.55. The quantitative estimate of drug-likeness (QED) is 0.781. The zero-order valence-corrected chi connectivity index (χ0v) is 13.7. The highest BCUT2D eigenvalue weighted by Gasteiger charge is 2.51. The third-order valence-corrected chi connectivity index (χ3v) is 6.01. The number of hydrogen-bond donors (Lipinski definition) is 0. The smallest absolute Gasteiger partial charge is 0.0230 e. The fourth-order valence-corrected chi connectivity index (χ4v) is 4.83. The Morgan fingerprint density at radius 1 is 0.909 bits per heavy atom. The van der Waals surface area contributed by atoms with E-state index in [4.69, 9.17) is 0 Å². The van der Waals surface area contributed by atoms with Crippen LogP contribution >= 0.6 is 0 Å². The van der Waals surface area contributed by atoms with E-state index in [0.717, 1.165) is 13.1 Å². The summed E-state index contributed by atoms with van der Waals surface area (Å²) < 4.78 is 0. The fraction of sp³-hybridized carbons (Fsp3) is 0.429. The van der Waals surface area contributed by atoms with E-state index in [2.05, 4.69) is 67.3 Å². The lowest BCUT2D eigenvalue weighted by molar-refractivity contribution is 0.273. The van der Waals surface area contributed by atoms with Gasteiger partial charge in [0.15, 0.2) is 0 Å². The molecule has 2 aliphatic carbocycles. The molecular formula is C21H25N. The first kappa shape index (κ1) is 14.0. The minimum atomic E-state index is 0.264. The number of hydrogen-bond acceptors (Lipinski definition) is 1. The highest BCUT2D eigenvalue weighted by Crippen LogP contribution is 2.61. The number of rotatable bonds is 5. The Kier molecular flexibility index (Phi) is 3.34. The molecule has 1 nitrogen and oxygen atoms in total. The Morgan fingerprint density at radius 3 is 2.00 bits per heavy atom. The van der Waals surface area contributed by atoms with Gasteiger partial charge in [-0.3, -0.25) is 0 Å². The molecule has 0 aliphatic heterocycles. The molecule has 0 atom stereocenters. The summed E-state index contributed by atoms with van der Waals surface area (Å²) in [4.78, 5) is 2.56. The van der Waals surface area contributed by atoms with Gasteiger partial charge in [0, 0.05) is 11.3 Å². The van der Waals surface area contributed by atoms with Crippen molar-refractivity contribution in [3.8, 4) is 0 Å². The first-order chi connectivity index (χ1) is 10.8. The standard InChI is InChI=1S/C21H25N/c1-3-22(4-2)14-13-21-15-18(16-9-5-7-11-19(16)21)17-10-6-8-12-20(17)21/h5-12,18H,3-4,13-15H2,1-2H3. The van der Waals surface area contributed by atoms with Crippen LogP contribution in [0.15, 0.2) is 48.5 Å². The summed E-state index contributed by atoms with van der Waals surface area (Å²) in [6.45, 7) is 8.05. The second-order valence-corrected chi connectivity index (χ2v) is 6.79. The van der Waals surface area contributed by atoms with Gasteiger partial charge in [0.25, 0.3) is 0 Å². The normalized spacial score (nSPS) is 24.6. The van der Waals surface area contributed by atoms with E-state index in [-0.39, 0.29) is 5.41 Å². The van der Waals surface area contributed by atoms with E-state index >= 15 is 0 Å². The monoisotopic (exact) mass is 291 g/mol. The number of fused-ring (bicyclic) bond motifs is 8. The Morgan fingerprint density at radius 2 is 1.45 bits per heavy atom. The minimum Gasteiger partial charge on any atom is -0.304 e. The van der Waals surface area contributed by atoms with E-state index in [1.54, 1.807) is 22.3 Å². The van der Waals surface area contributed by atoms with Crippen LogP contribution in [0.2, 0.25) is 0 Å². The van der Waals surface area contributed by atoms with E-state index in [9.17, 15) is 0 Å². The number of benzene rings is 2. The molecule has 0 amide bonds. The van der Waals surface area contributed by atoms with Crippen molar-refractivity contribution in [3.63, 3.8) is 0 Å². The van der Waals surface area contributed by atoms with Crippen LogP contribution < -0.4 is 0 Å². The fourth-order valence-electron chi connectivity index (χ4n) is 4.83. The molecule has 0 heterocycles. The molecule has 0 unspecified atom stereocenters. The zero-order chi connectivity index (χ0) is 15.2. The van der Waals surface area contributed by atoms with Crippen LogP contribution in [-0.2, 0) is 5.41 Å². The van der Waals surface area contributed by atoms with E-state index in [1.165, 1.54) is 19.4 Å². The lowest BCUT2D eigenvalue weighted by atomic mass is 9.73. The molecule has 0 saturated carbocycles. The summed E-state index contributed by atoms with van der Waals surface area (Å²) >= 11 is 0. The van der Waals surface area contributed by atoms with Gasteiger partial charge in [-0.1, -0.05) is 62.4 Å². The third-order valence-electron chi connectivity index (χ3n) is 6.01. The first-order valence-corrected chi connectivity index (χ1v) is 8.71. The molecule has 0 spiro atoms. The van der Waals surface area contributed by atoms with Gasteiger partial charge >= 0.3 is 0 Å². The van der Waals surface area contributed by atoms with Crippen LogP contribution in [0.1, 0.15) is 54.9 Å². The minimum absolute atomic E-state index is 0.264. The van der Waals surface area contributed by atoms with Crippen molar-refractivity contribution in [2.24, 2.45) is 0 Å². The predicted molar refractivity (Wildman–Crippen MR) is 92.5 cm³/mol. The van der Waals surface area contributed by atoms with Crippen molar-refractivity contribution >= 4 is 0 Å². The largest absolute Gasteiger partial charge is 0.304 e. The van der Waals surface area contributed by atoms with Gasteiger partial charge in [-0.15, -0.1) is 0 Å². The van der Waals surface area contributed by atoms with E-state index in [1.807, 2.05) is 0 Å². The topological polar surface area (TPSA) is 3.24 Å². The molecule has 0 fully saturated rings. The third kappa shape index (κ3) is 1.82. The molecule has 2 aromatic rings. The summed E-state index contributed by atoms with van der Waals surface area (Å²) in [6, 6.07) is 18.3. The Hall–Kier alpha value is -1.60. The van der Waals surface area contributed by atoms with Gasteiger partial charge in [0.2, 0.25) is 0 Å². The molecule has 4 rings (SSSR count). The van der Waals surface area contributed by atoms with E-state index < -0.39 is 0 Å². The van der Waals surface area contributed by atoms with Gasteiger partial charge in [-0.05, 0) is 54.7 Å². The van der Waals surface area contributed by atoms with Crippen molar-refractivity contribution in [3.05, 3.63) is 70.8 Å². The van der Waals surface area contributed by atoms with Gasteiger partial charge < -0.3 is 4.90 Å². The zero-order valence-electron chi connectivity index (χ0n) is 13.7. The van der Waals surface area contributed by atoms with Gasteiger partial charge in [0.1, 0.15) is 0 Å². The molecular weight excluding hydrogens is 266 g/mol. The molecule has 0 saturated heterocycles. The highest BCUT2D eigenvalue weighted by atomic mass is 15.1. The first-order valence-electron chi connectivity index (χ1n) is 8.71. The van der Waals surface area contributed by atoms with Crippen molar-refractivity contribution in [1.82, 2.24) is 4.90 Å². The van der Waals surface area contributed by atoms with Gasteiger partial charge in [-0.2, -0.15) is 0 Å². The maximum absolute atomic E-state index is 2.56. The molecule has 0 N–H and O–H groups in total. The number of nitrogens with zero attached hydrogens (tertiary/aromatic N) is 1. The van der Waals surface area contributed by atoms with Crippen molar-refractivity contribution in [1.29, 1.82) is 0 Å². The SMILES string of the molecule is CCN(CC)CCC12CC(c3ccccc31)c1ccccc12. The second-order valence-electron chi connectivity index (χ2n) is 6.79. The molecule has 22 heavy (non-hydrogen) atoms. The average Bonchev–Trinajstić information content (AvgIpc) is 3.09. The van der Waals surface area contributed by atoms with Crippen LogP contribution in [0, 0.1) is 0 Å². The average molecular weight is 291 g/mol. The lowest BCUT2D eigenvalue weighted by Gasteiger charge is -2.33. The second kappa shape index (κ2) is 5.24. The van der Waals surface area contributed by atoms with Crippen molar-refractivity contribution in [2.45, 2.75) is 38.0 Å². The highest BCUT2D eigenvalue weighted by molar-refractivity contribution is 5.62. The Labute approximate surface area is 134 Å². The lowest BCUT2D eigenvalue weighted by Crippen LogP contribution is -2.32. The van der Waals surface area contributed by atoms with Crippen LogP contribution in [0.5, 0.6) is 0 Å². The van der Waals surface area contributed by atoms with Crippen molar-refractivity contribution < 1.29 is 0 Å². The molecule has 0 aromatic heterocycles. The maximum Gasteiger partial charge on any atom is 0.0230 e. The molecule has 0 radical (unpaired) electrons.